The molecule has 2 aromatic carbocycles. The van der Waals surface area contributed by atoms with Gasteiger partial charge in [0.1, 0.15) is 12.2 Å². The van der Waals surface area contributed by atoms with Gasteiger partial charge >= 0.3 is 5.97 Å². The normalized spacial score (nSPS) is 27.3. The van der Waals surface area contributed by atoms with Crippen LogP contribution in [0.15, 0.2) is 60.7 Å². The number of ether oxygens (including phenoxy) is 4. The van der Waals surface area contributed by atoms with Crippen LogP contribution in [-0.2, 0) is 37.0 Å². The Kier molecular flexibility index (Phi) is 7.17. The molecular weight excluding hydrogens is 360 g/mol. The lowest BCUT2D eigenvalue weighted by atomic mass is 9.99. The Morgan fingerprint density at radius 2 is 1.39 bits per heavy atom. The van der Waals surface area contributed by atoms with Gasteiger partial charge in [0, 0.05) is 6.92 Å². The van der Waals surface area contributed by atoms with Crippen molar-refractivity contribution < 1.29 is 28.8 Å². The van der Waals surface area contributed by atoms with Gasteiger partial charge in [-0.25, -0.2) is 0 Å². The fourth-order valence-corrected chi connectivity index (χ4v) is 3.26. The largest absolute Gasteiger partial charge is 0.457 e. The van der Waals surface area contributed by atoms with Crippen LogP contribution in [0.1, 0.15) is 25.0 Å². The summed E-state index contributed by atoms with van der Waals surface area (Å²) >= 11 is 0. The second-order valence-electron chi connectivity index (χ2n) is 6.83. The summed E-state index contributed by atoms with van der Waals surface area (Å²) < 4.78 is 23.0. The van der Waals surface area contributed by atoms with Crippen LogP contribution in [0.2, 0.25) is 0 Å². The lowest BCUT2D eigenvalue weighted by molar-refractivity contribution is -0.301. The van der Waals surface area contributed by atoms with Crippen LogP contribution < -0.4 is 0 Å². The van der Waals surface area contributed by atoms with Crippen molar-refractivity contribution in [2.75, 3.05) is 0 Å². The fraction of sp³-hybridized carbons (Fsp3) is 0.409. The predicted molar refractivity (Wildman–Crippen MR) is 102 cm³/mol. The number of carbonyl (C=O) groups is 1. The van der Waals surface area contributed by atoms with Crippen molar-refractivity contribution in [1.29, 1.82) is 0 Å². The highest BCUT2D eigenvalue weighted by atomic mass is 16.7. The zero-order valence-electron chi connectivity index (χ0n) is 16.1. The lowest BCUT2D eigenvalue weighted by Crippen LogP contribution is -2.59. The summed E-state index contributed by atoms with van der Waals surface area (Å²) in [6.07, 6.45) is -3.92. The van der Waals surface area contributed by atoms with Gasteiger partial charge in [-0.1, -0.05) is 60.7 Å². The van der Waals surface area contributed by atoms with Gasteiger partial charge in [0.25, 0.3) is 0 Å². The Morgan fingerprint density at radius 3 is 1.89 bits per heavy atom. The van der Waals surface area contributed by atoms with Crippen molar-refractivity contribution >= 4 is 5.97 Å². The number of hydrogen-bond acceptors (Lipinski definition) is 6. The molecule has 1 aliphatic heterocycles. The topological polar surface area (TPSA) is 74.2 Å². The number of esters is 1. The highest BCUT2D eigenvalue weighted by Gasteiger charge is 2.47. The Balaban J connectivity index is 1.73. The average molecular weight is 386 g/mol. The third kappa shape index (κ3) is 5.39. The van der Waals surface area contributed by atoms with Crippen LogP contribution in [0.5, 0.6) is 0 Å². The summed E-state index contributed by atoms with van der Waals surface area (Å²) in [5.41, 5.74) is 1.93. The van der Waals surface area contributed by atoms with E-state index >= 15 is 0 Å². The molecule has 6 heteroatoms. The molecular formula is C22H26O6. The van der Waals surface area contributed by atoms with E-state index in [1.165, 1.54) is 6.92 Å². The minimum atomic E-state index is -1.22. The molecule has 1 aliphatic rings. The zero-order chi connectivity index (χ0) is 19.9. The van der Waals surface area contributed by atoms with Gasteiger partial charge in [-0.15, -0.1) is 0 Å². The van der Waals surface area contributed by atoms with E-state index in [1.807, 2.05) is 60.7 Å². The first-order valence-corrected chi connectivity index (χ1v) is 9.36. The van der Waals surface area contributed by atoms with Gasteiger partial charge in [0.2, 0.25) is 0 Å². The number of aliphatic hydroxyl groups excluding tert-OH is 1. The average Bonchev–Trinajstić information content (AvgIpc) is 2.68. The van der Waals surface area contributed by atoms with E-state index < -0.39 is 36.7 Å². The van der Waals surface area contributed by atoms with Crippen molar-refractivity contribution in [3.05, 3.63) is 71.8 Å². The summed E-state index contributed by atoms with van der Waals surface area (Å²) in [5.74, 6) is -0.465. The molecule has 6 nitrogen and oxygen atoms in total. The van der Waals surface area contributed by atoms with Crippen molar-refractivity contribution in [1.82, 2.24) is 0 Å². The van der Waals surface area contributed by atoms with Crippen molar-refractivity contribution in [3.63, 3.8) is 0 Å². The maximum atomic E-state index is 11.7. The van der Waals surface area contributed by atoms with Gasteiger partial charge in [-0.3, -0.25) is 4.79 Å². The van der Waals surface area contributed by atoms with Crippen LogP contribution in [0.3, 0.4) is 0 Å². The molecule has 1 N–H and O–H groups in total. The molecule has 1 heterocycles. The number of benzene rings is 2. The second kappa shape index (κ2) is 9.80. The summed E-state index contributed by atoms with van der Waals surface area (Å²) in [5, 5.41) is 10.4. The van der Waals surface area contributed by atoms with E-state index in [0.717, 1.165) is 11.1 Å². The van der Waals surface area contributed by atoms with Crippen molar-refractivity contribution in [3.8, 4) is 0 Å². The SMILES string of the molecule is CC(=O)O[C@@H]1[C@H](OCc2ccccc2)[C@H](C)O[C@H](O)[C@H]1OCc1ccccc1. The molecule has 0 aliphatic carbocycles. The van der Waals surface area contributed by atoms with Gasteiger partial charge in [0.05, 0.1) is 19.3 Å². The van der Waals surface area contributed by atoms with Crippen LogP contribution in [0.25, 0.3) is 0 Å². The maximum Gasteiger partial charge on any atom is 0.303 e. The summed E-state index contributed by atoms with van der Waals surface area (Å²) in [6.45, 7) is 3.69. The first kappa shape index (κ1) is 20.5. The van der Waals surface area contributed by atoms with E-state index in [1.54, 1.807) is 6.92 Å². The molecule has 0 aromatic heterocycles. The highest BCUT2D eigenvalue weighted by molar-refractivity contribution is 5.66. The number of carbonyl (C=O) groups excluding carboxylic acids is 1. The van der Waals surface area contributed by atoms with E-state index in [4.69, 9.17) is 18.9 Å². The molecule has 0 radical (unpaired) electrons. The molecule has 0 saturated carbocycles. The Morgan fingerprint density at radius 1 is 0.893 bits per heavy atom. The van der Waals surface area contributed by atoms with Crippen LogP contribution >= 0.6 is 0 Å². The molecule has 0 unspecified atom stereocenters. The molecule has 5 atom stereocenters. The van der Waals surface area contributed by atoms with Gasteiger partial charge in [0.15, 0.2) is 12.4 Å². The lowest BCUT2D eigenvalue weighted by Gasteiger charge is -2.42. The summed E-state index contributed by atoms with van der Waals surface area (Å²) in [4.78, 5) is 11.7. The smallest absolute Gasteiger partial charge is 0.303 e. The van der Waals surface area contributed by atoms with Crippen molar-refractivity contribution in [2.24, 2.45) is 0 Å². The monoisotopic (exact) mass is 386 g/mol. The Labute approximate surface area is 165 Å². The predicted octanol–water partition coefficient (Wildman–Crippen LogP) is 2.83. The standard InChI is InChI=1S/C22H26O6/c1-15-19(25-13-17-9-5-3-6-10-17)20(28-16(2)23)21(22(24)27-15)26-14-18-11-7-4-8-12-18/h3-12,15,19-22,24H,13-14H2,1-2H3/t15-,19+,20+,21-,22-/m0/s1. The quantitative estimate of drug-likeness (QED) is 0.738. The van der Waals surface area contributed by atoms with E-state index in [9.17, 15) is 9.90 Å². The second-order valence-corrected chi connectivity index (χ2v) is 6.83. The minimum Gasteiger partial charge on any atom is -0.457 e. The summed E-state index contributed by atoms with van der Waals surface area (Å²) in [6, 6.07) is 19.3. The molecule has 28 heavy (non-hydrogen) atoms. The highest BCUT2D eigenvalue weighted by Crippen LogP contribution is 2.28. The molecule has 1 fully saturated rings. The first-order valence-electron chi connectivity index (χ1n) is 9.36. The van der Waals surface area contributed by atoms with Crippen LogP contribution in [0.4, 0.5) is 0 Å². The molecule has 150 valence electrons. The Hall–Kier alpha value is -2.25. The van der Waals surface area contributed by atoms with Crippen molar-refractivity contribution in [2.45, 2.75) is 57.8 Å². The van der Waals surface area contributed by atoms with Crippen LogP contribution in [0, 0.1) is 0 Å². The molecule has 0 amide bonds. The molecule has 0 spiro atoms. The van der Waals surface area contributed by atoms with Gasteiger partial charge < -0.3 is 24.1 Å². The van der Waals surface area contributed by atoms with Gasteiger partial charge in [-0.05, 0) is 18.1 Å². The number of rotatable bonds is 7. The van der Waals surface area contributed by atoms with E-state index in [2.05, 4.69) is 0 Å². The maximum absolute atomic E-state index is 11.7. The number of aliphatic hydroxyl groups is 1. The molecule has 1 saturated heterocycles. The number of hydrogen-bond donors (Lipinski definition) is 1. The third-order valence-corrected chi connectivity index (χ3v) is 4.62. The summed E-state index contributed by atoms with van der Waals surface area (Å²) in [7, 11) is 0. The van der Waals surface area contributed by atoms with E-state index in [-0.39, 0.29) is 6.61 Å². The molecule has 0 bridgehead atoms. The van der Waals surface area contributed by atoms with E-state index in [0.29, 0.717) is 6.61 Å². The first-order chi connectivity index (χ1) is 13.5. The Bertz CT molecular complexity index is 680. The zero-order valence-corrected chi connectivity index (χ0v) is 16.1. The van der Waals surface area contributed by atoms with Crippen LogP contribution in [-0.4, -0.2) is 41.8 Å². The molecule has 2 aromatic rings. The third-order valence-electron chi connectivity index (χ3n) is 4.62. The van der Waals surface area contributed by atoms with Gasteiger partial charge in [-0.2, -0.15) is 0 Å². The molecule has 3 rings (SSSR count). The fourth-order valence-electron chi connectivity index (χ4n) is 3.26. The minimum absolute atomic E-state index is 0.253.